The minimum Gasteiger partial charge on any atom is -0.436 e. The van der Waals surface area contributed by atoms with Crippen molar-refractivity contribution in [1.82, 2.24) is 15.0 Å². The molecule has 1 aliphatic heterocycles. The zero-order valence-corrected chi connectivity index (χ0v) is 40.0. The number of hydrogen-bond acceptors (Lipinski definition) is 7. The summed E-state index contributed by atoms with van der Waals surface area (Å²) >= 11 is 0. The van der Waals surface area contributed by atoms with Gasteiger partial charge in [-0.1, -0.05) is 135 Å². The Bertz CT molecular complexity index is 3980. The average molecular weight is 941 g/mol. The standard InChI is InChI=1S/C66H44N4O3/c1-66(2)52-22-3-8-27-57(52)70(58-28-9-4-23-53(58)66)49-34-32-41(33-35-49)62-50(43-17-14-20-46(37-43)64-68-55-25-6-11-30-60(55)72-64)39-48(42-16-13-19-45(36-42)63-67-54-24-5-10-29-59(54)71-63)40-51(62)44-18-15-21-47(38-44)65-69-56-26-7-12-31-61(56)73-65/h3-40H,1-2H3. The molecular formula is C66H44N4O3. The van der Waals surface area contributed by atoms with Gasteiger partial charge in [-0.15, -0.1) is 0 Å². The molecule has 0 saturated heterocycles. The number of para-hydroxylation sites is 8. The van der Waals surface area contributed by atoms with Crippen LogP contribution < -0.4 is 4.90 Å². The van der Waals surface area contributed by atoms with Gasteiger partial charge >= 0.3 is 0 Å². The normalized spacial score (nSPS) is 12.9. The molecule has 1 aliphatic rings. The lowest BCUT2D eigenvalue weighted by Gasteiger charge is -2.42. The molecule has 0 bridgehead atoms. The van der Waals surface area contributed by atoms with Crippen LogP contribution in [-0.2, 0) is 5.41 Å². The van der Waals surface area contributed by atoms with Gasteiger partial charge < -0.3 is 18.2 Å². The summed E-state index contributed by atoms with van der Waals surface area (Å²) in [5, 5.41) is 0. The molecule has 0 spiro atoms. The highest BCUT2D eigenvalue weighted by molar-refractivity contribution is 6.00. The SMILES string of the molecule is CC1(C)c2ccccc2N(c2ccc(-c3c(-c4cccc(-c5nc6ccccc6o5)c4)cc(-c4cccc(-c5nc6ccccc6o5)c4)cc3-c3cccc(-c4nc5ccccc5o4)c3)cc2)c2ccccc21. The Balaban J connectivity index is 0.997. The van der Waals surface area contributed by atoms with Crippen molar-refractivity contribution in [1.29, 1.82) is 0 Å². The van der Waals surface area contributed by atoms with Gasteiger partial charge in [-0.05, 0) is 165 Å². The fourth-order valence-electron chi connectivity index (χ4n) is 10.8. The van der Waals surface area contributed by atoms with Crippen LogP contribution in [0.2, 0.25) is 0 Å². The Morgan fingerprint density at radius 1 is 0.329 bits per heavy atom. The van der Waals surface area contributed by atoms with Crippen molar-refractivity contribution in [3.63, 3.8) is 0 Å². The number of nitrogens with zero attached hydrogens (tertiary/aromatic N) is 4. The number of aromatic nitrogens is 3. The van der Waals surface area contributed by atoms with Gasteiger partial charge in [0, 0.05) is 27.8 Å². The van der Waals surface area contributed by atoms with Gasteiger partial charge in [0.25, 0.3) is 0 Å². The topological polar surface area (TPSA) is 81.3 Å². The van der Waals surface area contributed by atoms with Crippen LogP contribution in [0.3, 0.4) is 0 Å². The van der Waals surface area contributed by atoms with E-state index in [1.54, 1.807) is 0 Å². The fourth-order valence-corrected chi connectivity index (χ4v) is 10.8. The number of rotatable bonds is 8. The summed E-state index contributed by atoms with van der Waals surface area (Å²) in [6.45, 7) is 4.64. The van der Waals surface area contributed by atoms with Gasteiger partial charge in [-0.25, -0.2) is 15.0 Å². The highest BCUT2D eigenvalue weighted by atomic mass is 16.4. The molecule has 7 heteroatoms. The Morgan fingerprint density at radius 3 is 1.16 bits per heavy atom. The maximum absolute atomic E-state index is 6.39. The first-order valence-corrected chi connectivity index (χ1v) is 24.6. The van der Waals surface area contributed by atoms with E-state index in [2.05, 4.69) is 176 Å². The molecule has 0 atom stereocenters. The minimum atomic E-state index is -0.171. The van der Waals surface area contributed by atoms with Gasteiger partial charge in [-0.2, -0.15) is 0 Å². The van der Waals surface area contributed by atoms with Crippen molar-refractivity contribution in [3.05, 3.63) is 242 Å². The number of anilines is 3. The van der Waals surface area contributed by atoms with Gasteiger partial charge in [0.2, 0.25) is 17.7 Å². The molecule has 73 heavy (non-hydrogen) atoms. The Hall–Kier alpha value is -9.59. The van der Waals surface area contributed by atoms with Crippen LogP contribution in [0, 0.1) is 0 Å². The van der Waals surface area contributed by atoms with E-state index >= 15 is 0 Å². The molecule has 4 heterocycles. The fraction of sp³-hybridized carbons (Fsp3) is 0.0455. The number of hydrogen-bond donors (Lipinski definition) is 0. The first-order valence-electron chi connectivity index (χ1n) is 24.6. The molecule has 3 aromatic heterocycles. The quantitative estimate of drug-likeness (QED) is 0.150. The van der Waals surface area contributed by atoms with Crippen molar-refractivity contribution >= 4 is 50.4 Å². The first kappa shape index (κ1) is 42.3. The molecule has 0 unspecified atom stereocenters. The third kappa shape index (κ3) is 7.24. The molecule has 0 aliphatic carbocycles. The Morgan fingerprint density at radius 2 is 0.712 bits per heavy atom. The van der Waals surface area contributed by atoms with Crippen LogP contribution in [0.1, 0.15) is 25.0 Å². The lowest BCUT2D eigenvalue weighted by atomic mass is 9.73. The van der Waals surface area contributed by atoms with Crippen molar-refractivity contribution in [2.75, 3.05) is 4.90 Å². The Labute approximate surface area is 421 Å². The van der Waals surface area contributed by atoms with Crippen molar-refractivity contribution in [3.8, 4) is 78.9 Å². The predicted molar refractivity (Wildman–Crippen MR) is 294 cm³/mol. The highest BCUT2D eigenvalue weighted by Gasteiger charge is 2.36. The second-order valence-electron chi connectivity index (χ2n) is 19.2. The van der Waals surface area contributed by atoms with Gasteiger partial charge in [-0.3, -0.25) is 0 Å². The van der Waals surface area contributed by atoms with Crippen LogP contribution in [0.15, 0.2) is 244 Å². The van der Waals surface area contributed by atoms with Crippen LogP contribution >= 0.6 is 0 Å². The number of fused-ring (bicyclic) bond motifs is 5. The zero-order valence-electron chi connectivity index (χ0n) is 40.0. The molecule has 0 amide bonds. The number of benzene rings is 10. The molecular weight excluding hydrogens is 897 g/mol. The Kier molecular flexibility index (Phi) is 9.73. The van der Waals surface area contributed by atoms with E-state index in [0.29, 0.717) is 17.7 Å². The van der Waals surface area contributed by atoms with Crippen molar-refractivity contribution in [2.24, 2.45) is 0 Å². The van der Waals surface area contributed by atoms with E-state index < -0.39 is 0 Å². The van der Waals surface area contributed by atoms with Crippen molar-refractivity contribution < 1.29 is 13.3 Å². The van der Waals surface area contributed by atoms with E-state index in [1.165, 1.54) is 22.5 Å². The molecule has 0 radical (unpaired) electrons. The predicted octanol–water partition coefficient (Wildman–Crippen LogP) is 17.9. The lowest BCUT2D eigenvalue weighted by molar-refractivity contribution is 0.619. The second-order valence-corrected chi connectivity index (χ2v) is 19.2. The summed E-state index contributed by atoms with van der Waals surface area (Å²) in [4.78, 5) is 17.2. The molecule has 13 aromatic rings. The first-order chi connectivity index (χ1) is 35.9. The van der Waals surface area contributed by atoms with E-state index in [1.807, 2.05) is 72.8 Å². The van der Waals surface area contributed by atoms with Crippen LogP contribution in [0.4, 0.5) is 17.1 Å². The molecule has 0 fully saturated rings. The molecule has 10 aromatic carbocycles. The molecule has 0 N–H and O–H groups in total. The largest absolute Gasteiger partial charge is 0.436 e. The minimum absolute atomic E-state index is 0.171. The van der Waals surface area contributed by atoms with Gasteiger partial charge in [0.15, 0.2) is 16.7 Å². The monoisotopic (exact) mass is 940 g/mol. The highest BCUT2D eigenvalue weighted by Crippen LogP contribution is 2.52. The van der Waals surface area contributed by atoms with E-state index in [-0.39, 0.29) is 5.41 Å². The van der Waals surface area contributed by atoms with E-state index in [9.17, 15) is 0 Å². The molecule has 14 rings (SSSR count). The van der Waals surface area contributed by atoms with E-state index in [4.69, 9.17) is 28.2 Å². The summed E-state index contributed by atoms with van der Waals surface area (Å²) in [6, 6.07) is 80.4. The smallest absolute Gasteiger partial charge is 0.227 e. The summed E-state index contributed by atoms with van der Waals surface area (Å²) in [5.74, 6) is 1.69. The molecule has 346 valence electrons. The molecule has 7 nitrogen and oxygen atoms in total. The third-order valence-corrected chi connectivity index (χ3v) is 14.4. The van der Waals surface area contributed by atoms with Gasteiger partial charge in [0.1, 0.15) is 16.6 Å². The van der Waals surface area contributed by atoms with Crippen molar-refractivity contribution in [2.45, 2.75) is 19.3 Å². The summed E-state index contributed by atoms with van der Waals surface area (Å²) in [7, 11) is 0. The maximum atomic E-state index is 6.39. The maximum Gasteiger partial charge on any atom is 0.227 e. The zero-order chi connectivity index (χ0) is 48.6. The summed E-state index contributed by atoms with van der Waals surface area (Å²) in [6.07, 6.45) is 0. The van der Waals surface area contributed by atoms with E-state index in [0.717, 1.165) is 100 Å². The van der Waals surface area contributed by atoms with Crippen LogP contribution in [0.25, 0.3) is 112 Å². The number of oxazole rings is 3. The summed E-state index contributed by atoms with van der Waals surface area (Å²) < 4.78 is 19.1. The average Bonchev–Trinajstić information content (AvgIpc) is 4.21. The molecule has 0 saturated carbocycles. The summed E-state index contributed by atoms with van der Waals surface area (Å²) in [5.41, 5.74) is 21.4. The second kappa shape index (κ2) is 16.8. The van der Waals surface area contributed by atoms with Crippen LogP contribution in [0.5, 0.6) is 0 Å². The van der Waals surface area contributed by atoms with Crippen LogP contribution in [-0.4, -0.2) is 15.0 Å². The third-order valence-electron chi connectivity index (χ3n) is 14.4. The van der Waals surface area contributed by atoms with Gasteiger partial charge in [0.05, 0.1) is 11.4 Å². The lowest BCUT2D eigenvalue weighted by Crippen LogP contribution is -2.30.